The Morgan fingerprint density at radius 3 is 2.52 bits per heavy atom. The number of ether oxygens (including phenoxy) is 2. The summed E-state index contributed by atoms with van der Waals surface area (Å²) in [5.41, 5.74) is 1.93. The highest BCUT2D eigenvalue weighted by Crippen LogP contribution is 2.50. The van der Waals surface area contributed by atoms with Crippen LogP contribution in [0.1, 0.15) is 36.8 Å². The maximum Gasteiger partial charge on any atom is 0.319 e. The summed E-state index contributed by atoms with van der Waals surface area (Å²) in [6.45, 7) is 1.31. The number of urea groups is 1. The first-order valence-electron chi connectivity index (χ1n) is 14.0. The summed E-state index contributed by atoms with van der Waals surface area (Å²) in [5, 5.41) is 8.80. The number of carbonyl (C=O) groups is 2. The summed E-state index contributed by atoms with van der Waals surface area (Å²) in [6.07, 6.45) is 6.16. The molecular weight excluding hydrogens is 544 g/mol. The van der Waals surface area contributed by atoms with Crippen LogP contribution in [0.25, 0.3) is 0 Å². The van der Waals surface area contributed by atoms with Crippen LogP contribution in [0.3, 0.4) is 0 Å². The van der Waals surface area contributed by atoms with Crippen molar-refractivity contribution in [1.29, 1.82) is 0 Å². The molecule has 2 aromatic carbocycles. The van der Waals surface area contributed by atoms with Crippen LogP contribution >= 0.6 is 0 Å². The van der Waals surface area contributed by atoms with Crippen LogP contribution in [0.5, 0.6) is 11.5 Å². The van der Waals surface area contributed by atoms with E-state index in [1.165, 1.54) is 6.07 Å². The first-order chi connectivity index (χ1) is 20.3. The second kappa shape index (κ2) is 12.7. The zero-order valence-electron chi connectivity index (χ0n) is 23.7. The third kappa shape index (κ3) is 6.15. The summed E-state index contributed by atoms with van der Waals surface area (Å²) in [5.74, 6) is -0.783. The maximum absolute atomic E-state index is 13.6. The van der Waals surface area contributed by atoms with Gasteiger partial charge in [-0.15, -0.1) is 0 Å². The topological polar surface area (TPSA) is 105 Å². The van der Waals surface area contributed by atoms with E-state index in [-0.39, 0.29) is 35.6 Å². The number of methoxy groups -OCH3 is 2. The SMILES string of the molecule is COc1ccc([C@@]23CC[C@H](NC(=O)Nc4ccc(F)c(F)c4)C[C@H]2N(C(=O)CNCc2ccncc2)CC3)cc1OC. The Hall–Kier alpha value is -4.25. The van der Waals surface area contributed by atoms with E-state index in [2.05, 4.69) is 20.9 Å². The number of hydrogen-bond acceptors (Lipinski definition) is 6. The second-order valence-corrected chi connectivity index (χ2v) is 10.7. The van der Waals surface area contributed by atoms with Gasteiger partial charge in [0.15, 0.2) is 23.1 Å². The van der Waals surface area contributed by atoms with E-state index >= 15 is 0 Å². The quantitative estimate of drug-likeness (QED) is 0.348. The minimum atomic E-state index is -1.04. The van der Waals surface area contributed by atoms with Crippen LogP contribution in [-0.2, 0) is 16.8 Å². The van der Waals surface area contributed by atoms with Gasteiger partial charge in [-0.1, -0.05) is 6.07 Å². The molecule has 1 saturated carbocycles. The number of hydrogen-bond donors (Lipinski definition) is 3. The average molecular weight is 580 g/mol. The van der Waals surface area contributed by atoms with Gasteiger partial charge in [-0.3, -0.25) is 9.78 Å². The lowest BCUT2D eigenvalue weighted by Gasteiger charge is -2.45. The number of anilines is 1. The van der Waals surface area contributed by atoms with Gasteiger partial charge in [-0.05, 0) is 73.2 Å². The minimum Gasteiger partial charge on any atom is -0.493 e. The maximum atomic E-state index is 13.6. The molecule has 1 aliphatic carbocycles. The van der Waals surface area contributed by atoms with Crippen molar-refractivity contribution in [3.8, 4) is 11.5 Å². The van der Waals surface area contributed by atoms with Gasteiger partial charge in [0.1, 0.15) is 0 Å². The van der Waals surface area contributed by atoms with Crippen LogP contribution in [0.2, 0.25) is 0 Å². The molecule has 2 aliphatic rings. The Morgan fingerprint density at radius 1 is 1.00 bits per heavy atom. The Kier molecular flexibility index (Phi) is 8.86. The Balaban J connectivity index is 1.33. The van der Waals surface area contributed by atoms with Gasteiger partial charge in [0, 0.05) is 54.7 Å². The fourth-order valence-corrected chi connectivity index (χ4v) is 6.30. The fourth-order valence-electron chi connectivity index (χ4n) is 6.30. The van der Waals surface area contributed by atoms with Gasteiger partial charge in [0.2, 0.25) is 5.91 Å². The molecule has 0 unspecified atom stereocenters. The molecule has 1 saturated heterocycles. The van der Waals surface area contributed by atoms with Crippen molar-refractivity contribution in [3.63, 3.8) is 0 Å². The van der Waals surface area contributed by atoms with Crippen molar-refractivity contribution in [2.45, 2.75) is 49.7 Å². The first kappa shape index (κ1) is 29.2. The third-order valence-corrected chi connectivity index (χ3v) is 8.41. The second-order valence-electron chi connectivity index (χ2n) is 10.7. The molecule has 1 aliphatic heterocycles. The van der Waals surface area contributed by atoms with Gasteiger partial charge in [0.05, 0.1) is 20.8 Å². The molecule has 2 fully saturated rings. The Morgan fingerprint density at radius 2 is 1.79 bits per heavy atom. The van der Waals surface area contributed by atoms with Crippen LogP contribution < -0.4 is 25.4 Å². The minimum absolute atomic E-state index is 0.0108. The molecule has 42 heavy (non-hydrogen) atoms. The van der Waals surface area contributed by atoms with E-state index in [9.17, 15) is 18.4 Å². The number of benzene rings is 2. The molecule has 3 aromatic rings. The highest BCUT2D eigenvalue weighted by molar-refractivity contribution is 5.89. The van der Waals surface area contributed by atoms with Crippen molar-refractivity contribution in [1.82, 2.24) is 20.5 Å². The largest absolute Gasteiger partial charge is 0.493 e. The number of nitrogens with one attached hydrogen (secondary N) is 3. The summed E-state index contributed by atoms with van der Waals surface area (Å²) < 4.78 is 38.0. The van der Waals surface area contributed by atoms with Crippen molar-refractivity contribution in [3.05, 3.63) is 83.7 Å². The number of aromatic nitrogens is 1. The molecule has 1 aromatic heterocycles. The number of likely N-dealkylation sites (tertiary alicyclic amines) is 1. The van der Waals surface area contributed by atoms with Crippen LogP contribution in [-0.4, -0.2) is 61.2 Å². The lowest BCUT2D eigenvalue weighted by molar-refractivity contribution is -0.132. The highest BCUT2D eigenvalue weighted by atomic mass is 19.2. The van der Waals surface area contributed by atoms with Gasteiger partial charge < -0.3 is 30.3 Å². The van der Waals surface area contributed by atoms with E-state index in [4.69, 9.17) is 9.47 Å². The Bertz CT molecular complexity index is 1430. The van der Waals surface area contributed by atoms with Gasteiger partial charge in [-0.2, -0.15) is 0 Å². The third-order valence-electron chi connectivity index (χ3n) is 8.41. The van der Waals surface area contributed by atoms with Crippen LogP contribution in [0.4, 0.5) is 19.3 Å². The fraction of sp³-hybridized carbons (Fsp3) is 0.387. The van der Waals surface area contributed by atoms with Crippen molar-refractivity contribution < 1.29 is 27.8 Å². The number of carbonyl (C=O) groups excluding carboxylic acids is 2. The Labute approximate surface area is 243 Å². The average Bonchev–Trinajstić information content (AvgIpc) is 3.39. The summed E-state index contributed by atoms with van der Waals surface area (Å²) >= 11 is 0. The number of pyridine rings is 1. The van der Waals surface area contributed by atoms with Gasteiger partial charge in [0.25, 0.3) is 0 Å². The summed E-state index contributed by atoms with van der Waals surface area (Å²) in [4.78, 5) is 32.3. The number of nitrogens with zero attached hydrogens (tertiary/aromatic N) is 2. The molecular formula is C31H35F2N5O4. The first-order valence-corrected chi connectivity index (χ1v) is 14.0. The van der Waals surface area contributed by atoms with E-state index in [0.29, 0.717) is 37.4 Å². The molecule has 222 valence electrons. The van der Waals surface area contributed by atoms with E-state index in [1.54, 1.807) is 26.6 Å². The lowest BCUT2D eigenvalue weighted by atomic mass is 9.65. The molecule has 5 rings (SSSR count). The number of rotatable bonds is 9. The molecule has 2 heterocycles. The van der Waals surface area contributed by atoms with Crippen LogP contribution in [0.15, 0.2) is 60.9 Å². The number of halogens is 2. The van der Waals surface area contributed by atoms with Gasteiger partial charge >= 0.3 is 6.03 Å². The number of fused-ring (bicyclic) bond motifs is 1. The molecule has 0 bridgehead atoms. The zero-order chi connectivity index (χ0) is 29.7. The highest BCUT2D eigenvalue weighted by Gasteiger charge is 2.53. The molecule has 3 atom stereocenters. The predicted molar refractivity (Wildman–Crippen MR) is 153 cm³/mol. The monoisotopic (exact) mass is 579 g/mol. The van der Waals surface area contributed by atoms with Crippen molar-refractivity contribution in [2.75, 3.05) is 32.6 Å². The number of amides is 3. The standard InChI is InChI=1S/C31H35F2N5O4/c1-41-26-6-3-21(15-27(26)42-2)31-10-7-23(37-30(40)36-22-4-5-24(32)25(33)16-22)17-28(31)38(14-11-31)29(39)19-35-18-20-8-12-34-13-9-20/h3-6,8-9,12-13,15-16,23,28,35H,7,10-11,14,17-19H2,1-2H3,(H2,36,37,40)/t23-,28+,31-/m0/s1. The molecule has 9 nitrogen and oxygen atoms in total. The normalized spacial score (nSPS) is 21.4. The molecule has 3 amide bonds. The summed E-state index contributed by atoms with van der Waals surface area (Å²) in [6, 6.07) is 12.0. The van der Waals surface area contributed by atoms with Crippen LogP contribution in [0, 0.1) is 11.6 Å². The van der Waals surface area contributed by atoms with E-state index < -0.39 is 17.7 Å². The lowest BCUT2D eigenvalue weighted by Crippen LogP contribution is -2.55. The molecule has 0 spiro atoms. The molecule has 3 N–H and O–H groups in total. The smallest absolute Gasteiger partial charge is 0.319 e. The predicted octanol–water partition coefficient (Wildman–Crippen LogP) is 4.38. The molecule has 0 radical (unpaired) electrons. The van der Waals surface area contributed by atoms with Crippen molar-refractivity contribution >= 4 is 17.6 Å². The van der Waals surface area contributed by atoms with Crippen molar-refractivity contribution in [2.24, 2.45) is 0 Å². The van der Waals surface area contributed by atoms with E-state index in [0.717, 1.165) is 36.1 Å². The molecule has 11 heteroatoms. The van der Waals surface area contributed by atoms with E-state index in [1.807, 2.05) is 35.2 Å². The zero-order valence-corrected chi connectivity index (χ0v) is 23.7. The summed E-state index contributed by atoms with van der Waals surface area (Å²) in [7, 11) is 3.19. The van der Waals surface area contributed by atoms with Gasteiger partial charge in [-0.25, -0.2) is 13.6 Å².